The number of hydrogen-bond acceptors (Lipinski definition) is 4. The van der Waals surface area contributed by atoms with Crippen LogP contribution in [0.5, 0.6) is 0 Å². The number of fused-ring (bicyclic) bond motifs is 1. The fourth-order valence-electron chi connectivity index (χ4n) is 3.82. The standard InChI is InChI=1S/C18H27N3O3S/c1-3-11-21(16-6-9-19-10-7-16)25(23,24)17-4-5-18-15(13-17)8-12-20(18)14(2)22/h4-5,13,16,19H,3,6-12H2,1-2H3. The second-order valence-electron chi connectivity index (χ2n) is 6.81. The third kappa shape index (κ3) is 3.59. The molecule has 6 nitrogen and oxygen atoms in total. The fourth-order valence-corrected chi connectivity index (χ4v) is 5.64. The van der Waals surface area contributed by atoms with Gasteiger partial charge in [0.15, 0.2) is 0 Å². The van der Waals surface area contributed by atoms with Gasteiger partial charge in [0.25, 0.3) is 0 Å². The van der Waals surface area contributed by atoms with Crippen LogP contribution in [-0.4, -0.2) is 50.9 Å². The number of nitrogens with zero attached hydrogens (tertiary/aromatic N) is 2. The van der Waals surface area contributed by atoms with Crippen molar-refractivity contribution in [2.45, 2.75) is 50.5 Å². The number of anilines is 1. The van der Waals surface area contributed by atoms with Crippen LogP contribution in [0.15, 0.2) is 23.1 Å². The quantitative estimate of drug-likeness (QED) is 0.863. The molecule has 0 radical (unpaired) electrons. The van der Waals surface area contributed by atoms with Gasteiger partial charge in [0.2, 0.25) is 15.9 Å². The second kappa shape index (κ2) is 7.43. The van der Waals surface area contributed by atoms with Crippen molar-refractivity contribution in [3.05, 3.63) is 23.8 Å². The summed E-state index contributed by atoms with van der Waals surface area (Å²) in [6.07, 6.45) is 3.20. The number of benzene rings is 1. The molecule has 1 N–H and O–H groups in total. The molecule has 2 aliphatic rings. The minimum Gasteiger partial charge on any atom is -0.317 e. The van der Waals surface area contributed by atoms with Crippen LogP contribution in [0.2, 0.25) is 0 Å². The summed E-state index contributed by atoms with van der Waals surface area (Å²) >= 11 is 0. The smallest absolute Gasteiger partial charge is 0.243 e. The number of rotatable bonds is 5. The van der Waals surface area contributed by atoms with Crippen LogP contribution in [0.1, 0.15) is 38.7 Å². The highest BCUT2D eigenvalue weighted by atomic mass is 32.2. The molecule has 1 amide bonds. The Labute approximate surface area is 150 Å². The monoisotopic (exact) mass is 365 g/mol. The van der Waals surface area contributed by atoms with Gasteiger partial charge in [-0.1, -0.05) is 6.92 Å². The molecule has 1 saturated heterocycles. The van der Waals surface area contributed by atoms with E-state index in [4.69, 9.17) is 0 Å². The van der Waals surface area contributed by atoms with Gasteiger partial charge in [-0.05, 0) is 62.5 Å². The first-order chi connectivity index (χ1) is 11.9. The van der Waals surface area contributed by atoms with Crippen LogP contribution < -0.4 is 10.2 Å². The number of carbonyl (C=O) groups is 1. The summed E-state index contributed by atoms with van der Waals surface area (Å²) in [5.41, 5.74) is 1.79. The Bertz CT molecular complexity index is 742. The number of piperidine rings is 1. The average Bonchev–Trinajstić information content (AvgIpc) is 3.03. The van der Waals surface area contributed by atoms with E-state index in [9.17, 15) is 13.2 Å². The van der Waals surface area contributed by atoms with Crippen LogP contribution in [0.25, 0.3) is 0 Å². The molecule has 25 heavy (non-hydrogen) atoms. The van der Waals surface area contributed by atoms with Gasteiger partial charge >= 0.3 is 0 Å². The second-order valence-corrected chi connectivity index (χ2v) is 8.70. The summed E-state index contributed by atoms with van der Waals surface area (Å²) < 4.78 is 28.2. The maximum atomic E-state index is 13.3. The van der Waals surface area contributed by atoms with E-state index >= 15 is 0 Å². The average molecular weight is 365 g/mol. The van der Waals surface area contributed by atoms with Crippen LogP contribution in [0, 0.1) is 0 Å². The van der Waals surface area contributed by atoms with Crippen molar-refractivity contribution < 1.29 is 13.2 Å². The largest absolute Gasteiger partial charge is 0.317 e. The van der Waals surface area contributed by atoms with E-state index < -0.39 is 10.0 Å². The number of carbonyl (C=O) groups excluding carboxylic acids is 1. The van der Waals surface area contributed by atoms with Crippen molar-refractivity contribution in [2.24, 2.45) is 0 Å². The first kappa shape index (κ1) is 18.4. The van der Waals surface area contributed by atoms with Gasteiger partial charge in [-0.15, -0.1) is 0 Å². The van der Waals surface area contributed by atoms with Crippen LogP contribution in [0.4, 0.5) is 5.69 Å². The third-order valence-corrected chi connectivity index (χ3v) is 7.04. The minimum absolute atomic E-state index is 0.00308. The summed E-state index contributed by atoms with van der Waals surface area (Å²) in [6.45, 7) is 6.44. The number of nitrogens with one attached hydrogen (secondary N) is 1. The first-order valence-corrected chi connectivity index (χ1v) is 10.5. The molecule has 2 heterocycles. The zero-order valence-electron chi connectivity index (χ0n) is 15.0. The Hall–Kier alpha value is -1.44. The van der Waals surface area contributed by atoms with E-state index in [-0.39, 0.29) is 11.9 Å². The zero-order valence-corrected chi connectivity index (χ0v) is 15.8. The molecule has 0 aliphatic carbocycles. The summed E-state index contributed by atoms with van der Waals surface area (Å²) in [5, 5.41) is 3.29. The molecule has 0 spiro atoms. The van der Waals surface area contributed by atoms with E-state index in [1.165, 1.54) is 0 Å². The number of hydrogen-bond donors (Lipinski definition) is 1. The van der Waals surface area contributed by atoms with Gasteiger partial charge in [0.05, 0.1) is 4.90 Å². The summed E-state index contributed by atoms with van der Waals surface area (Å²) in [6, 6.07) is 5.26. The number of sulfonamides is 1. The molecular formula is C18H27N3O3S. The Morgan fingerprint density at radius 3 is 2.68 bits per heavy atom. The normalized spacial score (nSPS) is 18.6. The van der Waals surface area contributed by atoms with Gasteiger partial charge in [-0.2, -0.15) is 4.31 Å². The van der Waals surface area contributed by atoms with E-state index in [0.29, 0.717) is 24.4 Å². The Balaban J connectivity index is 1.91. The lowest BCUT2D eigenvalue weighted by molar-refractivity contribution is -0.116. The Kier molecular flexibility index (Phi) is 5.46. The Morgan fingerprint density at radius 2 is 2.04 bits per heavy atom. The first-order valence-electron chi connectivity index (χ1n) is 9.08. The highest BCUT2D eigenvalue weighted by molar-refractivity contribution is 7.89. The number of amides is 1. The maximum absolute atomic E-state index is 13.3. The van der Waals surface area contributed by atoms with Gasteiger partial charge in [-0.25, -0.2) is 8.42 Å². The lowest BCUT2D eigenvalue weighted by Gasteiger charge is -2.33. The van der Waals surface area contributed by atoms with Gasteiger partial charge in [0.1, 0.15) is 0 Å². The molecule has 138 valence electrons. The lowest BCUT2D eigenvalue weighted by atomic mass is 10.1. The third-order valence-electron chi connectivity index (χ3n) is 5.09. The summed E-state index contributed by atoms with van der Waals surface area (Å²) in [5.74, 6) is -0.00308. The molecule has 0 saturated carbocycles. The Morgan fingerprint density at radius 1 is 1.32 bits per heavy atom. The molecule has 0 aromatic heterocycles. The lowest BCUT2D eigenvalue weighted by Crippen LogP contribution is -2.46. The predicted molar refractivity (Wildman–Crippen MR) is 98.2 cm³/mol. The minimum atomic E-state index is -3.52. The van der Waals surface area contributed by atoms with Crippen molar-refractivity contribution >= 4 is 21.6 Å². The van der Waals surface area contributed by atoms with E-state index in [0.717, 1.165) is 43.6 Å². The summed E-state index contributed by atoms with van der Waals surface area (Å²) in [4.78, 5) is 13.7. The van der Waals surface area contributed by atoms with Crippen molar-refractivity contribution in [3.63, 3.8) is 0 Å². The molecule has 1 fully saturated rings. The predicted octanol–water partition coefficient (Wildman–Crippen LogP) is 1.75. The zero-order chi connectivity index (χ0) is 18.0. The van der Waals surface area contributed by atoms with Gasteiger partial charge in [-0.3, -0.25) is 4.79 Å². The molecule has 2 aliphatic heterocycles. The van der Waals surface area contributed by atoms with Gasteiger partial charge < -0.3 is 10.2 Å². The fraction of sp³-hybridized carbons (Fsp3) is 0.611. The van der Waals surface area contributed by atoms with E-state index in [1.807, 2.05) is 6.92 Å². The molecular weight excluding hydrogens is 338 g/mol. The molecule has 0 bridgehead atoms. The topological polar surface area (TPSA) is 69.7 Å². The highest BCUT2D eigenvalue weighted by Gasteiger charge is 2.33. The molecule has 3 rings (SSSR count). The van der Waals surface area contributed by atoms with Crippen molar-refractivity contribution in [1.82, 2.24) is 9.62 Å². The highest BCUT2D eigenvalue weighted by Crippen LogP contribution is 2.32. The van der Waals surface area contributed by atoms with Crippen LogP contribution >= 0.6 is 0 Å². The van der Waals surface area contributed by atoms with Crippen molar-refractivity contribution in [1.29, 1.82) is 0 Å². The molecule has 1 aromatic carbocycles. The molecule has 1 aromatic rings. The van der Waals surface area contributed by atoms with E-state index in [1.54, 1.807) is 34.3 Å². The van der Waals surface area contributed by atoms with Crippen LogP contribution in [-0.2, 0) is 21.2 Å². The molecule has 0 atom stereocenters. The van der Waals surface area contributed by atoms with Crippen molar-refractivity contribution in [2.75, 3.05) is 31.1 Å². The SMILES string of the molecule is CCCN(C1CCNCC1)S(=O)(=O)c1ccc2c(c1)CCN2C(C)=O. The van der Waals surface area contributed by atoms with Crippen molar-refractivity contribution in [3.8, 4) is 0 Å². The molecule has 7 heteroatoms. The molecule has 0 unspecified atom stereocenters. The maximum Gasteiger partial charge on any atom is 0.243 e. The van der Waals surface area contributed by atoms with Gasteiger partial charge in [0, 0.05) is 31.7 Å². The summed E-state index contributed by atoms with van der Waals surface area (Å²) in [7, 11) is -3.52. The van der Waals surface area contributed by atoms with E-state index in [2.05, 4.69) is 5.32 Å². The van der Waals surface area contributed by atoms with Crippen LogP contribution in [0.3, 0.4) is 0 Å².